The van der Waals surface area contributed by atoms with Gasteiger partial charge in [0.15, 0.2) is 0 Å². The number of hydrogen-bond donors (Lipinski definition) is 2. The molecule has 1 aromatic carbocycles. The number of rotatable bonds is 6. The van der Waals surface area contributed by atoms with Gasteiger partial charge in [-0.15, -0.1) is 0 Å². The molecule has 0 radical (unpaired) electrons. The Morgan fingerprint density at radius 2 is 2.24 bits per heavy atom. The number of methoxy groups -OCH3 is 1. The molecule has 25 heavy (non-hydrogen) atoms. The molecule has 1 aromatic heterocycles. The summed E-state index contributed by atoms with van der Waals surface area (Å²) in [5, 5.41) is 14.9. The molecule has 1 saturated heterocycles. The number of pyridine rings is 1. The van der Waals surface area contributed by atoms with Crippen LogP contribution in [0.4, 0.5) is 5.69 Å². The van der Waals surface area contributed by atoms with Gasteiger partial charge >= 0.3 is 0 Å². The number of likely N-dealkylation sites (tertiary alicyclic amines) is 1. The number of aliphatic hydroxyl groups is 1. The first-order valence-corrected chi connectivity index (χ1v) is 9.15. The second kappa shape index (κ2) is 8.02. The first-order chi connectivity index (χ1) is 12.1. The molecular formula is C20H29N3O2. The fraction of sp³-hybridized carbons (Fsp3) is 0.550. The van der Waals surface area contributed by atoms with E-state index in [9.17, 15) is 5.11 Å². The molecule has 3 atom stereocenters. The van der Waals surface area contributed by atoms with Crippen LogP contribution in [0.15, 0.2) is 30.5 Å². The molecule has 0 unspecified atom stereocenters. The fourth-order valence-electron chi connectivity index (χ4n) is 3.71. The second-order valence-electron chi connectivity index (χ2n) is 7.26. The monoisotopic (exact) mass is 343 g/mol. The summed E-state index contributed by atoms with van der Waals surface area (Å²) in [4.78, 5) is 6.86. The van der Waals surface area contributed by atoms with Crippen molar-refractivity contribution >= 4 is 16.6 Å². The molecule has 1 aliphatic rings. The molecule has 1 fully saturated rings. The van der Waals surface area contributed by atoms with E-state index in [4.69, 9.17) is 4.74 Å². The first kappa shape index (κ1) is 18.0. The smallest absolute Gasteiger partial charge is 0.121 e. The van der Waals surface area contributed by atoms with Gasteiger partial charge in [0.1, 0.15) is 5.75 Å². The van der Waals surface area contributed by atoms with E-state index in [-0.39, 0.29) is 0 Å². The maximum atomic E-state index is 10.5. The van der Waals surface area contributed by atoms with Crippen molar-refractivity contribution in [3.8, 4) is 5.75 Å². The molecule has 0 bridgehead atoms. The van der Waals surface area contributed by atoms with Gasteiger partial charge in [0.05, 0.1) is 24.4 Å². The van der Waals surface area contributed by atoms with Gasteiger partial charge < -0.3 is 15.2 Å². The lowest BCUT2D eigenvalue weighted by molar-refractivity contribution is 0.0661. The van der Waals surface area contributed by atoms with Crippen LogP contribution in [0.3, 0.4) is 0 Å². The van der Waals surface area contributed by atoms with Crippen molar-refractivity contribution in [3.05, 3.63) is 30.5 Å². The summed E-state index contributed by atoms with van der Waals surface area (Å²) in [5.74, 6) is 1.58. The Morgan fingerprint density at radius 3 is 3.00 bits per heavy atom. The van der Waals surface area contributed by atoms with Crippen molar-refractivity contribution in [2.75, 3.05) is 32.1 Å². The number of β-amino-alcohol motifs (C(OH)–C–C–N with tert-alkyl or cyclic N) is 1. The molecule has 0 saturated carbocycles. The normalized spacial score (nSPS) is 22.7. The van der Waals surface area contributed by atoms with Crippen molar-refractivity contribution in [2.45, 2.75) is 38.8 Å². The molecule has 136 valence electrons. The lowest BCUT2D eigenvalue weighted by Crippen LogP contribution is -2.45. The molecule has 5 nitrogen and oxygen atoms in total. The quantitative estimate of drug-likeness (QED) is 0.844. The van der Waals surface area contributed by atoms with E-state index in [1.165, 1.54) is 12.8 Å². The van der Waals surface area contributed by atoms with Gasteiger partial charge in [0, 0.05) is 36.8 Å². The zero-order valence-electron chi connectivity index (χ0n) is 15.4. The maximum Gasteiger partial charge on any atom is 0.121 e. The molecule has 0 amide bonds. The highest BCUT2D eigenvalue weighted by Crippen LogP contribution is 2.28. The van der Waals surface area contributed by atoms with E-state index in [0.717, 1.165) is 34.8 Å². The minimum atomic E-state index is -0.416. The van der Waals surface area contributed by atoms with Gasteiger partial charge in [-0.05, 0) is 44.4 Å². The highest BCUT2D eigenvalue weighted by molar-refractivity contribution is 5.91. The van der Waals surface area contributed by atoms with Crippen LogP contribution in [0.25, 0.3) is 10.9 Å². The minimum Gasteiger partial charge on any atom is -0.497 e. The Bertz CT molecular complexity index is 706. The second-order valence-corrected chi connectivity index (χ2v) is 7.26. The van der Waals surface area contributed by atoms with Crippen molar-refractivity contribution < 1.29 is 9.84 Å². The third kappa shape index (κ3) is 4.41. The summed E-state index contributed by atoms with van der Waals surface area (Å²) < 4.78 is 5.38. The standard InChI is InChI=1S/C20H29N3O2/c1-14-6-8-23(15(2)9-14)13-17(24)12-22-19-11-18(25-3)10-16-5-4-7-21-20(16)19/h4-5,7,10-11,14-15,17,22,24H,6,8-9,12-13H2,1-3H3/t14-,15+,17-/m0/s1. The van der Waals surface area contributed by atoms with E-state index in [1.54, 1.807) is 13.3 Å². The highest BCUT2D eigenvalue weighted by atomic mass is 16.5. The van der Waals surface area contributed by atoms with Gasteiger partial charge in [-0.1, -0.05) is 13.0 Å². The van der Waals surface area contributed by atoms with Gasteiger partial charge in [-0.3, -0.25) is 9.88 Å². The Balaban J connectivity index is 1.64. The van der Waals surface area contributed by atoms with Crippen molar-refractivity contribution in [1.82, 2.24) is 9.88 Å². The summed E-state index contributed by atoms with van der Waals surface area (Å²) in [7, 11) is 1.66. The third-order valence-corrected chi connectivity index (χ3v) is 5.16. The fourth-order valence-corrected chi connectivity index (χ4v) is 3.71. The Morgan fingerprint density at radius 1 is 1.40 bits per heavy atom. The van der Waals surface area contributed by atoms with Gasteiger partial charge in [-0.2, -0.15) is 0 Å². The SMILES string of the molecule is COc1cc(NC[C@H](O)CN2CC[C@H](C)C[C@H]2C)c2ncccc2c1. The molecule has 3 rings (SSSR count). The maximum absolute atomic E-state index is 10.5. The predicted octanol–water partition coefficient (Wildman–Crippen LogP) is 3.14. The number of aliphatic hydroxyl groups excluding tert-OH is 1. The number of fused-ring (bicyclic) bond motifs is 1. The molecular weight excluding hydrogens is 314 g/mol. The minimum absolute atomic E-state index is 0.416. The average molecular weight is 343 g/mol. The summed E-state index contributed by atoms with van der Waals surface area (Å²) in [5.41, 5.74) is 1.80. The Labute approximate surface area is 150 Å². The molecule has 0 spiro atoms. The summed E-state index contributed by atoms with van der Waals surface area (Å²) in [6, 6.07) is 8.38. The number of benzene rings is 1. The van der Waals surface area contributed by atoms with E-state index in [2.05, 4.69) is 29.0 Å². The largest absolute Gasteiger partial charge is 0.497 e. The first-order valence-electron chi connectivity index (χ1n) is 9.15. The van der Waals surface area contributed by atoms with Crippen LogP contribution in [0, 0.1) is 5.92 Å². The van der Waals surface area contributed by atoms with Crippen LogP contribution in [0.2, 0.25) is 0 Å². The number of nitrogens with one attached hydrogen (secondary N) is 1. The molecule has 1 aliphatic heterocycles. The van der Waals surface area contributed by atoms with Gasteiger partial charge in [0.2, 0.25) is 0 Å². The third-order valence-electron chi connectivity index (χ3n) is 5.16. The van der Waals surface area contributed by atoms with Crippen LogP contribution in [0.1, 0.15) is 26.7 Å². The van der Waals surface area contributed by atoms with E-state index in [0.29, 0.717) is 19.1 Å². The van der Waals surface area contributed by atoms with Crippen molar-refractivity contribution in [2.24, 2.45) is 5.92 Å². The van der Waals surface area contributed by atoms with Crippen LogP contribution in [0.5, 0.6) is 5.75 Å². The van der Waals surface area contributed by atoms with Crippen molar-refractivity contribution in [1.29, 1.82) is 0 Å². The zero-order chi connectivity index (χ0) is 17.8. The lowest BCUT2D eigenvalue weighted by Gasteiger charge is -2.37. The number of piperidine rings is 1. The molecule has 2 aromatic rings. The molecule has 2 heterocycles. The van der Waals surface area contributed by atoms with Gasteiger partial charge in [-0.25, -0.2) is 0 Å². The van der Waals surface area contributed by atoms with Crippen molar-refractivity contribution in [3.63, 3.8) is 0 Å². The number of ether oxygens (including phenoxy) is 1. The summed E-state index contributed by atoms with van der Waals surface area (Å²) in [6.07, 6.45) is 3.80. The van der Waals surface area contributed by atoms with E-state index < -0.39 is 6.10 Å². The summed E-state index contributed by atoms with van der Waals surface area (Å²) in [6.45, 7) is 6.85. The number of aromatic nitrogens is 1. The molecule has 5 heteroatoms. The van der Waals surface area contributed by atoms with E-state index >= 15 is 0 Å². The zero-order valence-corrected chi connectivity index (χ0v) is 15.4. The number of hydrogen-bond acceptors (Lipinski definition) is 5. The number of anilines is 1. The topological polar surface area (TPSA) is 57.6 Å². The van der Waals surface area contributed by atoms with Crippen LogP contribution >= 0.6 is 0 Å². The average Bonchev–Trinajstić information content (AvgIpc) is 2.61. The molecule has 0 aliphatic carbocycles. The Kier molecular flexibility index (Phi) is 5.76. The predicted molar refractivity (Wildman–Crippen MR) is 102 cm³/mol. The summed E-state index contributed by atoms with van der Waals surface area (Å²) >= 11 is 0. The number of nitrogens with zero attached hydrogens (tertiary/aromatic N) is 2. The Hall–Kier alpha value is -1.85. The highest BCUT2D eigenvalue weighted by Gasteiger charge is 2.24. The van der Waals surface area contributed by atoms with E-state index in [1.807, 2.05) is 24.3 Å². The van der Waals surface area contributed by atoms with Crippen LogP contribution in [-0.2, 0) is 0 Å². The van der Waals surface area contributed by atoms with Crippen LogP contribution in [-0.4, -0.2) is 53.9 Å². The lowest BCUT2D eigenvalue weighted by atomic mass is 9.93. The van der Waals surface area contributed by atoms with Crippen LogP contribution < -0.4 is 10.1 Å². The molecule has 2 N–H and O–H groups in total. The van der Waals surface area contributed by atoms with Gasteiger partial charge in [0.25, 0.3) is 0 Å².